The van der Waals surface area contributed by atoms with Crippen molar-refractivity contribution in [3.8, 4) is 0 Å². The number of amides is 1. The number of carbonyl (C=O) groups is 1. The summed E-state index contributed by atoms with van der Waals surface area (Å²) < 4.78 is 36.8. The molecule has 10 heteroatoms. The van der Waals surface area contributed by atoms with Gasteiger partial charge < -0.3 is 24.8 Å². The fourth-order valence-corrected chi connectivity index (χ4v) is 9.53. The quantitative estimate of drug-likeness (QED) is 0.335. The summed E-state index contributed by atoms with van der Waals surface area (Å²) in [5.74, 6) is -1.36. The lowest BCUT2D eigenvalue weighted by Gasteiger charge is -2.54. The van der Waals surface area contributed by atoms with Crippen LogP contribution in [0.25, 0.3) is 0 Å². The third-order valence-corrected chi connectivity index (χ3v) is 12.8. The number of aryl methyl sites for hydroxylation is 1. The van der Waals surface area contributed by atoms with Crippen LogP contribution in [0.5, 0.6) is 0 Å². The third-order valence-electron chi connectivity index (χ3n) is 12.8. The summed E-state index contributed by atoms with van der Waals surface area (Å²) in [4.78, 5) is 17.1. The Kier molecular flexibility index (Phi) is 9.97. The molecule has 3 aliphatic heterocycles. The fraction of sp³-hybridized carbons (Fsp3) is 0.763. The number of likely N-dealkylation sites (tertiary alicyclic amines) is 1. The van der Waals surface area contributed by atoms with Gasteiger partial charge in [-0.3, -0.25) is 4.79 Å². The molecule has 2 aliphatic carbocycles. The number of alkyl halides is 2. The van der Waals surface area contributed by atoms with E-state index in [4.69, 9.17) is 4.74 Å². The van der Waals surface area contributed by atoms with Gasteiger partial charge in [-0.15, -0.1) is 10.2 Å². The van der Waals surface area contributed by atoms with Crippen molar-refractivity contribution in [2.24, 2.45) is 30.2 Å². The number of anilines is 1. The molecule has 1 aromatic carbocycles. The maximum Gasteiger partial charge on any atom is 0.253 e. The van der Waals surface area contributed by atoms with Crippen molar-refractivity contribution in [2.75, 3.05) is 38.2 Å². The number of piperidine rings is 2. The van der Waals surface area contributed by atoms with Crippen molar-refractivity contribution in [3.63, 3.8) is 0 Å². The SMILES string of the molecule is C[C@@H]1CN(CC2CC(C3CC3)NC(C(=O)Nc3cccc(C4(Cc5nncn5C)COC4)c3)C23CCCCCCCCC3)CCC1(F)F. The number of aromatic nitrogens is 3. The molecule has 0 bridgehead atoms. The predicted octanol–water partition coefficient (Wildman–Crippen LogP) is 6.51. The number of ether oxygens (including phenoxy) is 1. The zero-order chi connectivity index (χ0) is 33.4. The van der Waals surface area contributed by atoms with Crippen LogP contribution in [0.15, 0.2) is 30.6 Å². The van der Waals surface area contributed by atoms with E-state index < -0.39 is 11.8 Å². The van der Waals surface area contributed by atoms with Crippen molar-refractivity contribution in [1.29, 1.82) is 0 Å². The van der Waals surface area contributed by atoms with Crippen molar-refractivity contribution < 1.29 is 18.3 Å². The molecule has 48 heavy (non-hydrogen) atoms. The lowest BCUT2D eigenvalue weighted by atomic mass is 9.58. The highest BCUT2D eigenvalue weighted by molar-refractivity contribution is 5.95. The van der Waals surface area contributed by atoms with Gasteiger partial charge in [-0.05, 0) is 67.1 Å². The standard InChI is InChI=1S/C38H56F2N6O2/c1-27-22-46(18-17-38(27,39)40)23-30-20-32(28-13-14-28)43-34(37(30)15-8-6-4-3-5-7-9-16-37)35(47)42-31-12-10-11-29(19-31)36(24-48-25-36)21-33-44-41-26-45(33)2/h10-12,19,26-28,30,32,34,43H,3-9,13-18,20-25H2,1-2H3,(H,42,47)/t27-,30?,32?,34?/m1/s1. The topological polar surface area (TPSA) is 84.3 Å². The lowest BCUT2D eigenvalue weighted by molar-refractivity contribution is -0.129. The van der Waals surface area contributed by atoms with E-state index >= 15 is 0 Å². The highest BCUT2D eigenvalue weighted by atomic mass is 19.3. The number of hydrogen-bond donors (Lipinski definition) is 2. The Bertz CT molecular complexity index is 1400. The van der Waals surface area contributed by atoms with Gasteiger partial charge in [0.2, 0.25) is 5.91 Å². The minimum absolute atomic E-state index is 0.0605. The number of nitrogens with one attached hydrogen (secondary N) is 2. The lowest BCUT2D eigenvalue weighted by Crippen LogP contribution is -2.65. The molecule has 1 amide bonds. The summed E-state index contributed by atoms with van der Waals surface area (Å²) in [6.07, 6.45) is 16.3. The van der Waals surface area contributed by atoms with Crippen LogP contribution in [0.2, 0.25) is 0 Å². The smallest absolute Gasteiger partial charge is 0.253 e. The first kappa shape index (κ1) is 34.0. The van der Waals surface area contributed by atoms with Crippen molar-refractivity contribution in [2.45, 2.75) is 120 Å². The van der Waals surface area contributed by atoms with Gasteiger partial charge in [-0.2, -0.15) is 0 Å². The Labute approximate surface area is 285 Å². The molecule has 5 aliphatic rings. The Morgan fingerprint density at radius 3 is 2.42 bits per heavy atom. The molecule has 264 valence electrons. The van der Waals surface area contributed by atoms with Gasteiger partial charge in [0.25, 0.3) is 5.92 Å². The van der Waals surface area contributed by atoms with Gasteiger partial charge in [-0.1, -0.05) is 64.0 Å². The molecule has 2 N–H and O–H groups in total. The number of hydrogen-bond acceptors (Lipinski definition) is 6. The van der Waals surface area contributed by atoms with Crippen LogP contribution < -0.4 is 10.6 Å². The normalized spacial score (nSPS) is 30.8. The van der Waals surface area contributed by atoms with Gasteiger partial charge in [0, 0.05) is 62.6 Å². The Morgan fingerprint density at radius 2 is 1.79 bits per heavy atom. The number of benzene rings is 1. The number of carbonyl (C=O) groups excluding carboxylic acids is 1. The summed E-state index contributed by atoms with van der Waals surface area (Å²) >= 11 is 0. The summed E-state index contributed by atoms with van der Waals surface area (Å²) in [5.41, 5.74) is 1.55. The van der Waals surface area contributed by atoms with E-state index in [0.717, 1.165) is 62.1 Å². The zero-order valence-electron chi connectivity index (χ0n) is 29.1. The first-order valence-corrected chi connectivity index (χ1v) is 18.9. The molecular formula is C38H56F2N6O2. The summed E-state index contributed by atoms with van der Waals surface area (Å²) in [6, 6.07) is 8.30. The third kappa shape index (κ3) is 7.08. The molecule has 4 atom stereocenters. The first-order valence-electron chi connectivity index (χ1n) is 18.9. The molecule has 4 heterocycles. The average molecular weight is 667 g/mol. The van der Waals surface area contributed by atoms with Crippen LogP contribution in [0.1, 0.15) is 102 Å². The van der Waals surface area contributed by atoms with Crippen molar-refractivity contribution in [1.82, 2.24) is 25.0 Å². The van der Waals surface area contributed by atoms with Crippen LogP contribution in [0.3, 0.4) is 0 Å². The van der Waals surface area contributed by atoms with Crippen LogP contribution in [-0.4, -0.2) is 76.4 Å². The van der Waals surface area contributed by atoms with Gasteiger partial charge in [0.1, 0.15) is 12.2 Å². The van der Waals surface area contributed by atoms with Gasteiger partial charge in [0.15, 0.2) is 0 Å². The number of nitrogens with zero attached hydrogens (tertiary/aromatic N) is 4. The first-order chi connectivity index (χ1) is 23.2. The van der Waals surface area contributed by atoms with E-state index in [0.29, 0.717) is 44.2 Å². The van der Waals surface area contributed by atoms with E-state index in [1.165, 1.54) is 44.9 Å². The molecule has 0 radical (unpaired) electrons. The predicted molar refractivity (Wildman–Crippen MR) is 183 cm³/mol. The van der Waals surface area contributed by atoms with E-state index in [9.17, 15) is 13.6 Å². The molecule has 3 saturated heterocycles. The van der Waals surface area contributed by atoms with Crippen molar-refractivity contribution >= 4 is 11.6 Å². The molecule has 2 saturated carbocycles. The molecule has 3 unspecified atom stereocenters. The number of rotatable bonds is 8. The molecule has 1 spiro atoms. The second-order valence-electron chi connectivity index (χ2n) is 16.2. The monoisotopic (exact) mass is 666 g/mol. The summed E-state index contributed by atoms with van der Waals surface area (Å²) in [7, 11) is 1.97. The molecule has 5 fully saturated rings. The van der Waals surface area contributed by atoms with Gasteiger partial charge in [0.05, 0.1) is 19.3 Å². The van der Waals surface area contributed by atoms with Crippen molar-refractivity contribution in [3.05, 3.63) is 42.0 Å². The highest BCUT2D eigenvalue weighted by Crippen LogP contribution is 2.52. The van der Waals surface area contributed by atoms with Gasteiger partial charge >= 0.3 is 0 Å². The largest absolute Gasteiger partial charge is 0.379 e. The fourth-order valence-electron chi connectivity index (χ4n) is 9.53. The van der Waals surface area contributed by atoms with Crippen LogP contribution in [0, 0.1) is 23.2 Å². The average Bonchev–Trinajstić information content (AvgIpc) is 3.82. The minimum Gasteiger partial charge on any atom is -0.379 e. The van der Waals surface area contributed by atoms with E-state index in [1.54, 1.807) is 13.3 Å². The summed E-state index contributed by atoms with van der Waals surface area (Å²) in [5, 5.41) is 15.8. The molecule has 1 aromatic heterocycles. The number of halogens is 2. The molecule has 8 nitrogen and oxygen atoms in total. The zero-order valence-corrected chi connectivity index (χ0v) is 29.1. The Balaban J connectivity index is 1.17. The van der Waals surface area contributed by atoms with E-state index in [1.807, 2.05) is 23.7 Å². The highest BCUT2D eigenvalue weighted by Gasteiger charge is 2.55. The Morgan fingerprint density at radius 1 is 1.06 bits per heavy atom. The summed E-state index contributed by atoms with van der Waals surface area (Å²) in [6.45, 7) is 4.61. The van der Waals surface area contributed by atoms with E-state index in [2.05, 4.69) is 37.9 Å². The van der Waals surface area contributed by atoms with Gasteiger partial charge in [-0.25, -0.2) is 8.78 Å². The minimum atomic E-state index is -2.59. The maximum atomic E-state index is 14.8. The van der Waals surface area contributed by atoms with E-state index in [-0.39, 0.29) is 29.2 Å². The van der Waals surface area contributed by atoms with Crippen LogP contribution >= 0.6 is 0 Å². The second-order valence-corrected chi connectivity index (χ2v) is 16.2. The Hall–Kier alpha value is -2.43. The molecule has 7 rings (SSSR count). The second kappa shape index (κ2) is 14.1. The van der Waals surface area contributed by atoms with Crippen LogP contribution in [-0.2, 0) is 28.4 Å². The molecule has 2 aromatic rings. The maximum absolute atomic E-state index is 14.8. The van der Waals surface area contributed by atoms with Crippen LogP contribution in [0.4, 0.5) is 14.5 Å². The molecular weight excluding hydrogens is 610 g/mol.